The molecule has 0 radical (unpaired) electrons. The average Bonchev–Trinajstić information content (AvgIpc) is 2.37. The number of aryl methyl sites for hydroxylation is 2. The van der Waals surface area contributed by atoms with Gasteiger partial charge in [-0.25, -0.2) is 4.98 Å². The molecule has 0 saturated carbocycles. The zero-order valence-corrected chi connectivity index (χ0v) is 11.5. The summed E-state index contributed by atoms with van der Waals surface area (Å²) in [6.45, 7) is 4.12. The van der Waals surface area contributed by atoms with Crippen LogP contribution in [0.25, 0.3) is 0 Å². The minimum Gasteiger partial charge on any atom is -0.472 e. The van der Waals surface area contributed by atoms with Gasteiger partial charge in [0.2, 0.25) is 5.88 Å². The number of halogens is 1. The Hall–Kier alpha value is -2.05. The summed E-state index contributed by atoms with van der Waals surface area (Å²) in [6.07, 6.45) is 0. The normalized spacial score (nSPS) is 10.0. The van der Waals surface area contributed by atoms with E-state index >= 15 is 0 Å². The predicted octanol–water partition coefficient (Wildman–Crippen LogP) is 3.80. The molecule has 1 aromatic carbocycles. The molecule has 0 unspecified atom stereocenters. The smallest absolute Gasteiger partial charge is 0.232 e. The van der Waals surface area contributed by atoms with Crippen molar-refractivity contribution in [2.45, 2.75) is 20.5 Å². The zero-order valence-electron chi connectivity index (χ0n) is 10.8. The Morgan fingerprint density at radius 3 is 2.58 bits per heavy atom. The second kappa shape index (κ2) is 5.73. The molecular formula is C15H13ClN2O. The maximum atomic E-state index is 9.14. The number of rotatable bonds is 3. The lowest BCUT2D eigenvalue weighted by Gasteiger charge is -2.09. The van der Waals surface area contributed by atoms with E-state index in [1.807, 2.05) is 32.0 Å². The molecule has 19 heavy (non-hydrogen) atoms. The van der Waals surface area contributed by atoms with E-state index < -0.39 is 0 Å². The largest absolute Gasteiger partial charge is 0.472 e. The molecule has 0 fully saturated rings. The molecule has 0 atom stereocenters. The fraction of sp³-hybridized carbons (Fsp3) is 0.200. The van der Waals surface area contributed by atoms with Crippen molar-refractivity contribution < 1.29 is 4.74 Å². The number of nitriles is 1. The van der Waals surface area contributed by atoms with Crippen molar-refractivity contribution in [3.63, 3.8) is 0 Å². The van der Waals surface area contributed by atoms with Gasteiger partial charge in [-0.05, 0) is 43.2 Å². The lowest BCUT2D eigenvalue weighted by molar-refractivity contribution is 0.292. The van der Waals surface area contributed by atoms with Crippen LogP contribution >= 0.6 is 11.6 Å². The average molecular weight is 273 g/mol. The lowest BCUT2D eigenvalue weighted by atomic mass is 10.1. The van der Waals surface area contributed by atoms with Crippen LogP contribution in [0.2, 0.25) is 5.02 Å². The summed E-state index contributed by atoms with van der Waals surface area (Å²) in [4.78, 5) is 4.27. The van der Waals surface area contributed by atoms with Crippen LogP contribution in [-0.4, -0.2) is 4.98 Å². The van der Waals surface area contributed by atoms with Crippen LogP contribution in [0.3, 0.4) is 0 Å². The van der Waals surface area contributed by atoms with E-state index in [2.05, 4.69) is 11.1 Å². The van der Waals surface area contributed by atoms with E-state index in [1.54, 1.807) is 12.1 Å². The Bertz CT molecular complexity index is 630. The van der Waals surface area contributed by atoms with Gasteiger partial charge in [0.15, 0.2) is 0 Å². The third-order valence-electron chi connectivity index (χ3n) is 2.71. The van der Waals surface area contributed by atoms with E-state index in [0.717, 1.165) is 16.8 Å². The number of ether oxygens (including phenoxy) is 1. The zero-order chi connectivity index (χ0) is 13.8. The molecule has 4 heteroatoms. The predicted molar refractivity (Wildman–Crippen MR) is 74.2 cm³/mol. The van der Waals surface area contributed by atoms with Gasteiger partial charge in [0.1, 0.15) is 18.2 Å². The minimum atomic E-state index is 0.363. The van der Waals surface area contributed by atoms with Crippen LogP contribution in [0.15, 0.2) is 30.3 Å². The van der Waals surface area contributed by atoms with Gasteiger partial charge in [0.25, 0.3) is 0 Å². The molecule has 0 aliphatic heterocycles. The van der Waals surface area contributed by atoms with Crippen LogP contribution in [0.5, 0.6) is 5.88 Å². The second-order valence-corrected chi connectivity index (χ2v) is 4.72. The Morgan fingerprint density at radius 1 is 1.26 bits per heavy atom. The molecule has 0 amide bonds. The van der Waals surface area contributed by atoms with Gasteiger partial charge >= 0.3 is 0 Å². The van der Waals surface area contributed by atoms with Gasteiger partial charge in [-0.1, -0.05) is 23.7 Å². The van der Waals surface area contributed by atoms with Crippen molar-refractivity contribution in [2.24, 2.45) is 0 Å². The maximum absolute atomic E-state index is 9.14. The first-order valence-electron chi connectivity index (χ1n) is 5.85. The fourth-order valence-corrected chi connectivity index (χ4v) is 1.90. The molecule has 1 aromatic heterocycles. The van der Waals surface area contributed by atoms with E-state index in [9.17, 15) is 0 Å². The molecule has 0 bridgehead atoms. The number of pyridine rings is 1. The van der Waals surface area contributed by atoms with Crippen molar-refractivity contribution in [3.05, 3.63) is 57.7 Å². The molecular weight excluding hydrogens is 260 g/mol. The van der Waals surface area contributed by atoms with E-state index in [0.29, 0.717) is 23.1 Å². The Morgan fingerprint density at radius 2 is 1.95 bits per heavy atom. The lowest BCUT2D eigenvalue weighted by Crippen LogP contribution is -2.02. The first-order valence-corrected chi connectivity index (χ1v) is 6.23. The highest BCUT2D eigenvalue weighted by molar-refractivity contribution is 6.30. The molecule has 2 aromatic rings. The van der Waals surface area contributed by atoms with E-state index in [-0.39, 0.29) is 0 Å². The quantitative estimate of drug-likeness (QED) is 0.854. The molecule has 0 aliphatic rings. The third kappa shape index (κ3) is 3.24. The van der Waals surface area contributed by atoms with Crippen molar-refractivity contribution in [1.29, 1.82) is 5.26 Å². The van der Waals surface area contributed by atoms with Gasteiger partial charge in [-0.2, -0.15) is 5.26 Å². The standard InChI is InChI=1S/C15H13ClN2O/c1-10-7-11(2)18-15(14(10)8-17)19-9-12-3-5-13(16)6-4-12/h3-7H,9H2,1-2H3. The second-order valence-electron chi connectivity index (χ2n) is 4.29. The van der Waals surface area contributed by atoms with E-state index in [1.165, 1.54) is 0 Å². The van der Waals surface area contributed by atoms with Crippen molar-refractivity contribution >= 4 is 11.6 Å². The van der Waals surface area contributed by atoms with Crippen molar-refractivity contribution in [3.8, 4) is 11.9 Å². The van der Waals surface area contributed by atoms with Gasteiger partial charge in [-0.15, -0.1) is 0 Å². The summed E-state index contributed by atoms with van der Waals surface area (Å²) in [5, 5.41) is 9.82. The Labute approximate surface area is 117 Å². The summed E-state index contributed by atoms with van der Waals surface area (Å²) >= 11 is 5.82. The third-order valence-corrected chi connectivity index (χ3v) is 2.96. The van der Waals surface area contributed by atoms with Crippen LogP contribution < -0.4 is 4.74 Å². The summed E-state index contributed by atoms with van der Waals surface area (Å²) in [6, 6.07) is 11.4. The molecule has 96 valence electrons. The number of hydrogen-bond donors (Lipinski definition) is 0. The number of hydrogen-bond acceptors (Lipinski definition) is 3. The van der Waals surface area contributed by atoms with Crippen LogP contribution in [-0.2, 0) is 6.61 Å². The van der Waals surface area contributed by atoms with E-state index in [4.69, 9.17) is 21.6 Å². The summed E-state index contributed by atoms with van der Waals surface area (Å²) in [7, 11) is 0. The highest BCUT2D eigenvalue weighted by Crippen LogP contribution is 2.21. The van der Waals surface area contributed by atoms with Gasteiger partial charge in [0, 0.05) is 10.7 Å². The monoisotopic (exact) mass is 272 g/mol. The molecule has 0 N–H and O–H groups in total. The first-order chi connectivity index (χ1) is 9.10. The maximum Gasteiger partial charge on any atom is 0.232 e. The number of benzene rings is 1. The van der Waals surface area contributed by atoms with Crippen LogP contribution in [0.1, 0.15) is 22.4 Å². The molecule has 0 aliphatic carbocycles. The van der Waals surface area contributed by atoms with Crippen molar-refractivity contribution in [1.82, 2.24) is 4.98 Å². The van der Waals surface area contributed by atoms with Gasteiger partial charge < -0.3 is 4.74 Å². The molecule has 2 rings (SSSR count). The minimum absolute atomic E-state index is 0.363. The highest BCUT2D eigenvalue weighted by atomic mass is 35.5. The Kier molecular flexibility index (Phi) is 4.03. The Balaban J connectivity index is 2.20. The molecule has 0 spiro atoms. The fourth-order valence-electron chi connectivity index (χ4n) is 1.78. The number of aromatic nitrogens is 1. The first kappa shape index (κ1) is 13.4. The van der Waals surface area contributed by atoms with Crippen molar-refractivity contribution in [2.75, 3.05) is 0 Å². The van der Waals surface area contributed by atoms with Gasteiger partial charge in [0.05, 0.1) is 0 Å². The molecule has 0 saturated heterocycles. The number of nitrogens with zero attached hydrogens (tertiary/aromatic N) is 2. The van der Waals surface area contributed by atoms with Gasteiger partial charge in [-0.3, -0.25) is 0 Å². The SMILES string of the molecule is Cc1cc(C)c(C#N)c(OCc2ccc(Cl)cc2)n1. The summed E-state index contributed by atoms with van der Waals surface area (Å²) < 4.78 is 5.64. The van der Waals surface area contributed by atoms with Crippen LogP contribution in [0.4, 0.5) is 0 Å². The molecule has 3 nitrogen and oxygen atoms in total. The summed E-state index contributed by atoms with van der Waals surface area (Å²) in [5.74, 6) is 0.384. The summed E-state index contributed by atoms with van der Waals surface area (Å²) in [5.41, 5.74) is 3.18. The highest BCUT2D eigenvalue weighted by Gasteiger charge is 2.09. The van der Waals surface area contributed by atoms with Crippen LogP contribution in [0, 0.1) is 25.2 Å². The topological polar surface area (TPSA) is 45.9 Å². The molecule has 1 heterocycles.